The van der Waals surface area contributed by atoms with E-state index in [2.05, 4.69) is 31.5 Å². The Hall–Kier alpha value is -2.38. The molecule has 0 radical (unpaired) electrons. The third-order valence-electron chi connectivity index (χ3n) is 4.76. The van der Waals surface area contributed by atoms with E-state index in [-0.39, 0.29) is 5.82 Å². The fourth-order valence-corrected chi connectivity index (χ4v) is 4.14. The van der Waals surface area contributed by atoms with Gasteiger partial charge in [-0.3, -0.25) is 9.88 Å². The maximum absolute atomic E-state index is 13.0. The Bertz CT molecular complexity index is 844. The molecule has 2 aromatic heterocycles. The van der Waals surface area contributed by atoms with Crippen LogP contribution in [0, 0.1) is 5.82 Å². The largest absolute Gasteiger partial charge is 0.357 e. The molecule has 1 saturated heterocycles. The average molecular weight is 383 g/mol. The Kier molecular flexibility index (Phi) is 5.69. The standard InChI is InChI=1S/C20H22FN5S/c21-16-6-4-15(5-7-16)13-19-24-25-20(27-19)23-17-8-11-26(12-9-17)14-18-3-1-2-10-22-18/h1-7,10,17H,8-9,11-14H2,(H,23,25). The lowest BCUT2D eigenvalue weighted by Gasteiger charge is -2.31. The highest BCUT2D eigenvalue weighted by atomic mass is 32.1. The van der Waals surface area contributed by atoms with Crippen molar-refractivity contribution in [3.05, 3.63) is 70.7 Å². The quantitative estimate of drug-likeness (QED) is 0.703. The maximum Gasteiger partial charge on any atom is 0.205 e. The van der Waals surface area contributed by atoms with Crippen molar-refractivity contribution >= 4 is 16.5 Å². The molecule has 5 nitrogen and oxygen atoms in total. The Morgan fingerprint density at radius 1 is 1.07 bits per heavy atom. The molecule has 1 aromatic carbocycles. The van der Waals surface area contributed by atoms with E-state index >= 15 is 0 Å². The number of hydrogen-bond donors (Lipinski definition) is 1. The van der Waals surface area contributed by atoms with Crippen LogP contribution in [0.3, 0.4) is 0 Å². The first-order valence-electron chi connectivity index (χ1n) is 9.20. The zero-order valence-electron chi connectivity index (χ0n) is 15.0. The van der Waals surface area contributed by atoms with E-state index in [1.807, 2.05) is 18.3 Å². The van der Waals surface area contributed by atoms with Crippen LogP contribution in [0.1, 0.15) is 29.1 Å². The predicted molar refractivity (Wildman–Crippen MR) is 105 cm³/mol. The van der Waals surface area contributed by atoms with Gasteiger partial charge in [0.15, 0.2) is 0 Å². The Morgan fingerprint density at radius 2 is 1.89 bits per heavy atom. The summed E-state index contributed by atoms with van der Waals surface area (Å²) >= 11 is 1.58. The van der Waals surface area contributed by atoms with E-state index in [1.165, 1.54) is 12.1 Å². The Balaban J connectivity index is 1.26. The van der Waals surface area contributed by atoms with Gasteiger partial charge in [-0.15, -0.1) is 10.2 Å². The van der Waals surface area contributed by atoms with Gasteiger partial charge < -0.3 is 5.32 Å². The number of hydrogen-bond acceptors (Lipinski definition) is 6. The van der Waals surface area contributed by atoms with E-state index < -0.39 is 0 Å². The summed E-state index contributed by atoms with van der Waals surface area (Å²) in [5.41, 5.74) is 2.17. The molecule has 1 N–H and O–H groups in total. The van der Waals surface area contributed by atoms with Crippen LogP contribution >= 0.6 is 11.3 Å². The van der Waals surface area contributed by atoms with Crippen molar-refractivity contribution < 1.29 is 4.39 Å². The first kappa shape index (κ1) is 18.0. The summed E-state index contributed by atoms with van der Waals surface area (Å²) in [7, 11) is 0. The van der Waals surface area contributed by atoms with Gasteiger partial charge in [-0.1, -0.05) is 29.5 Å². The van der Waals surface area contributed by atoms with Gasteiger partial charge in [0.1, 0.15) is 10.8 Å². The molecule has 3 heterocycles. The number of anilines is 1. The van der Waals surface area contributed by atoms with Crippen molar-refractivity contribution in [3.8, 4) is 0 Å². The van der Waals surface area contributed by atoms with Gasteiger partial charge in [0.25, 0.3) is 0 Å². The lowest BCUT2D eigenvalue weighted by atomic mass is 10.1. The van der Waals surface area contributed by atoms with Crippen LogP contribution in [0.4, 0.5) is 9.52 Å². The Labute approximate surface area is 162 Å². The Morgan fingerprint density at radius 3 is 2.63 bits per heavy atom. The van der Waals surface area contributed by atoms with Crippen molar-refractivity contribution in [2.45, 2.75) is 31.8 Å². The molecule has 0 aliphatic carbocycles. The second kappa shape index (κ2) is 8.54. The summed E-state index contributed by atoms with van der Waals surface area (Å²) in [5.74, 6) is -0.215. The fraction of sp³-hybridized carbons (Fsp3) is 0.350. The van der Waals surface area contributed by atoms with E-state index in [4.69, 9.17) is 0 Å². The number of likely N-dealkylation sites (tertiary alicyclic amines) is 1. The summed E-state index contributed by atoms with van der Waals surface area (Å²) in [6, 6.07) is 13.0. The number of rotatable bonds is 6. The molecule has 0 spiro atoms. The van der Waals surface area contributed by atoms with Crippen LogP contribution in [0.2, 0.25) is 0 Å². The van der Waals surface area contributed by atoms with E-state index in [1.54, 1.807) is 23.5 Å². The molecular formula is C20H22FN5S. The molecule has 1 aliphatic rings. The first-order chi connectivity index (χ1) is 13.2. The molecule has 1 aliphatic heterocycles. The number of nitrogens with one attached hydrogen (secondary N) is 1. The molecule has 0 saturated carbocycles. The van der Waals surface area contributed by atoms with Crippen molar-refractivity contribution in [1.82, 2.24) is 20.1 Å². The van der Waals surface area contributed by atoms with Crippen LogP contribution < -0.4 is 5.32 Å². The topological polar surface area (TPSA) is 53.9 Å². The van der Waals surface area contributed by atoms with Crippen molar-refractivity contribution in [3.63, 3.8) is 0 Å². The average Bonchev–Trinajstić information content (AvgIpc) is 3.13. The lowest BCUT2D eigenvalue weighted by Crippen LogP contribution is -2.38. The SMILES string of the molecule is Fc1ccc(Cc2nnc(NC3CCN(Cc4ccccn4)CC3)s2)cc1. The highest BCUT2D eigenvalue weighted by molar-refractivity contribution is 7.15. The van der Waals surface area contributed by atoms with Crippen LogP contribution in [0.5, 0.6) is 0 Å². The molecule has 0 atom stereocenters. The van der Waals surface area contributed by atoms with Gasteiger partial charge >= 0.3 is 0 Å². The van der Waals surface area contributed by atoms with Crippen LogP contribution in [-0.2, 0) is 13.0 Å². The first-order valence-corrected chi connectivity index (χ1v) is 10.0. The molecule has 0 bridgehead atoms. The van der Waals surface area contributed by atoms with Gasteiger partial charge in [0, 0.05) is 38.3 Å². The smallest absolute Gasteiger partial charge is 0.205 e. The molecular weight excluding hydrogens is 361 g/mol. The summed E-state index contributed by atoms with van der Waals surface area (Å²) in [6.07, 6.45) is 4.70. The number of pyridine rings is 1. The van der Waals surface area contributed by atoms with Crippen LogP contribution in [-0.4, -0.2) is 39.2 Å². The third kappa shape index (κ3) is 5.08. The fourth-order valence-electron chi connectivity index (χ4n) is 3.29. The monoisotopic (exact) mass is 383 g/mol. The van der Waals surface area contributed by atoms with Crippen molar-refractivity contribution in [2.75, 3.05) is 18.4 Å². The van der Waals surface area contributed by atoms with Gasteiger partial charge in [-0.25, -0.2) is 4.39 Å². The highest BCUT2D eigenvalue weighted by Crippen LogP contribution is 2.22. The summed E-state index contributed by atoms with van der Waals surface area (Å²) in [6.45, 7) is 3.01. The van der Waals surface area contributed by atoms with Crippen molar-refractivity contribution in [1.29, 1.82) is 0 Å². The van der Waals surface area contributed by atoms with Crippen LogP contribution in [0.15, 0.2) is 48.7 Å². The third-order valence-corrected chi connectivity index (χ3v) is 5.62. The molecule has 4 rings (SSSR count). The molecule has 7 heteroatoms. The minimum absolute atomic E-state index is 0.215. The second-order valence-corrected chi connectivity index (χ2v) is 7.88. The number of piperidine rings is 1. The normalized spacial score (nSPS) is 15.7. The highest BCUT2D eigenvalue weighted by Gasteiger charge is 2.20. The number of benzene rings is 1. The predicted octanol–water partition coefficient (Wildman–Crippen LogP) is 3.74. The van der Waals surface area contributed by atoms with Gasteiger partial charge in [0.2, 0.25) is 5.13 Å². The molecule has 1 fully saturated rings. The lowest BCUT2D eigenvalue weighted by molar-refractivity contribution is 0.209. The van der Waals surface area contributed by atoms with Crippen molar-refractivity contribution in [2.24, 2.45) is 0 Å². The van der Waals surface area contributed by atoms with Gasteiger partial charge in [-0.2, -0.15) is 0 Å². The summed E-state index contributed by atoms with van der Waals surface area (Å²) in [5, 5.41) is 13.9. The number of halogens is 1. The van der Waals surface area contributed by atoms with E-state index in [9.17, 15) is 4.39 Å². The zero-order chi connectivity index (χ0) is 18.5. The maximum atomic E-state index is 13.0. The molecule has 3 aromatic rings. The van der Waals surface area contributed by atoms with E-state index in [0.717, 1.165) is 53.9 Å². The van der Waals surface area contributed by atoms with Crippen LogP contribution in [0.25, 0.3) is 0 Å². The second-order valence-electron chi connectivity index (χ2n) is 6.82. The van der Waals surface area contributed by atoms with E-state index in [0.29, 0.717) is 12.5 Å². The summed E-state index contributed by atoms with van der Waals surface area (Å²) in [4.78, 5) is 6.85. The molecule has 0 amide bonds. The number of nitrogens with zero attached hydrogens (tertiary/aromatic N) is 4. The minimum Gasteiger partial charge on any atom is -0.357 e. The molecule has 27 heavy (non-hydrogen) atoms. The summed E-state index contributed by atoms with van der Waals surface area (Å²) < 4.78 is 13.0. The molecule has 0 unspecified atom stereocenters. The van der Waals surface area contributed by atoms with Gasteiger partial charge in [0.05, 0.1) is 5.69 Å². The number of aromatic nitrogens is 3. The minimum atomic E-state index is -0.215. The molecule has 140 valence electrons. The zero-order valence-corrected chi connectivity index (χ0v) is 15.8. The van der Waals surface area contributed by atoms with Gasteiger partial charge in [-0.05, 0) is 42.7 Å².